The zero-order chi connectivity index (χ0) is 14.1. The highest BCUT2D eigenvalue weighted by Crippen LogP contribution is 2.17. The lowest BCUT2D eigenvalue weighted by Gasteiger charge is -2.29. The van der Waals surface area contributed by atoms with Crippen molar-refractivity contribution < 1.29 is 9.53 Å². The molecule has 1 fully saturated rings. The summed E-state index contributed by atoms with van der Waals surface area (Å²) in [6.07, 6.45) is -0.123. The Bertz CT molecular complexity index is 647. The van der Waals surface area contributed by atoms with Crippen LogP contribution in [0.15, 0.2) is 18.2 Å². The zero-order valence-electron chi connectivity index (χ0n) is 12.4. The first-order chi connectivity index (χ1) is 9.63. The minimum atomic E-state index is -0.317. The van der Waals surface area contributed by atoms with Gasteiger partial charge in [-0.05, 0) is 32.0 Å². The van der Waals surface area contributed by atoms with Crippen molar-refractivity contribution in [2.75, 3.05) is 18.5 Å². The molecule has 0 saturated carbocycles. The number of aryl methyl sites for hydroxylation is 1. The lowest BCUT2D eigenvalue weighted by molar-refractivity contribution is -0.123. The second-order valence-corrected chi connectivity index (χ2v) is 5.05. The van der Waals surface area contributed by atoms with Gasteiger partial charge in [-0.1, -0.05) is 0 Å². The number of morpholine rings is 1. The molecule has 0 bridgehead atoms. The Labute approximate surface area is 141 Å². The zero-order valence-corrected chi connectivity index (χ0v) is 14.0. The Balaban J connectivity index is 0.00000121. The van der Waals surface area contributed by atoms with E-state index in [2.05, 4.69) is 20.6 Å². The standard InChI is InChI=1S/C14H18N4O2.2ClH/c1-8-13(15-5-6-20-8)14(19)18-10-3-4-11-12(7-10)17-9(2)16-11;;/h3-4,7-8,13,15H,5-6H2,1-2H3,(H,16,17)(H,18,19);2*1H/t8-,13+;;/m1../s1. The Kier molecular flexibility index (Phi) is 6.62. The van der Waals surface area contributed by atoms with Gasteiger partial charge in [-0.3, -0.25) is 4.79 Å². The number of anilines is 1. The molecule has 2 aromatic rings. The fourth-order valence-corrected chi connectivity index (χ4v) is 2.46. The Morgan fingerprint density at radius 1 is 1.41 bits per heavy atom. The van der Waals surface area contributed by atoms with Crippen LogP contribution in [0.1, 0.15) is 12.7 Å². The van der Waals surface area contributed by atoms with E-state index in [1.807, 2.05) is 32.0 Å². The van der Waals surface area contributed by atoms with E-state index >= 15 is 0 Å². The number of benzene rings is 1. The second kappa shape index (κ2) is 7.78. The topological polar surface area (TPSA) is 79.0 Å². The average molecular weight is 347 g/mol. The molecule has 8 heteroatoms. The number of aromatic nitrogens is 2. The first-order valence-electron chi connectivity index (χ1n) is 6.76. The van der Waals surface area contributed by atoms with Gasteiger partial charge in [0, 0.05) is 12.2 Å². The summed E-state index contributed by atoms with van der Waals surface area (Å²) in [4.78, 5) is 19.7. The summed E-state index contributed by atoms with van der Waals surface area (Å²) < 4.78 is 5.48. The number of aromatic amines is 1. The number of hydrogen-bond donors (Lipinski definition) is 3. The minimum Gasteiger partial charge on any atom is -0.375 e. The van der Waals surface area contributed by atoms with Crippen molar-refractivity contribution in [2.24, 2.45) is 0 Å². The molecule has 1 aromatic heterocycles. The number of carbonyl (C=O) groups excluding carboxylic acids is 1. The van der Waals surface area contributed by atoms with Gasteiger partial charge in [-0.2, -0.15) is 0 Å². The van der Waals surface area contributed by atoms with Crippen LogP contribution in [-0.4, -0.2) is 41.2 Å². The molecule has 0 spiro atoms. The van der Waals surface area contributed by atoms with Crippen LogP contribution in [0, 0.1) is 6.92 Å². The first-order valence-corrected chi connectivity index (χ1v) is 6.76. The fourth-order valence-electron chi connectivity index (χ4n) is 2.46. The predicted molar refractivity (Wildman–Crippen MR) is 91.2 cm³/mol. The van der Waals surface area contributed by atoms with Gasteiger partial charge in [-0.25, -0.2) is 4.98 Å². The largest absolute Gasteiger partial charge is 0.375 e. The Hall–Kier alpha value is -1.34. The van der Waals surface area contributed by atoms with Crippen LogP contribution >= 0.6 is 24.8 Å². The number of amides is 1. The van der Waals surface area contributed by atoms with E-state index in [-0.39, 0.29) is 42.9 Å². The van der Waals surface area contributed by atoms with Crippen LogP contribution in [0.4, 0.5) is 5.69 Å². The highest BCUT2D eigenvalue weighted by Gasteiger charge is 2.28. The van der Waals surface area contributed by atoms with Crippen molar-refractivity contribution in [3.8, 4) is 0 Å². The van der Waals surface area contributed by atoms with Crippen LogP contribution in [0.25, 0.3) is 11.0 Å². The van der Waals surface area contributed by atoms with E-state index in [0.29, 0.717) is 13.2 Å². The number of fused-ring (bicyclic) bond motifs is 1. The summed E-state index contributed by atoms with van der Waals surface area (Å²) in [5, 5.41) is 6.09. The Morgan fingerprint density at radius 3 is 2.91 bits per heavy atom. The maximum absolute atomic E-state index is 12.2. The third-order valence-corrected chi connectivity index (χ3v) is 3.47. The van der Waals surface area contributed by atoms with Gasteiger partial charge < -0.3 is 20.4 Å². The van der Waals surface area contributed by atoms with Gasteiger partial charge in [0.15, 0.2) is 0 Å². The summed E-state index contributed by atoms with van der Waals surface area (Å²) in [7, 11) is 0. The highest BCUT2D eigenvalue weighted by atomic mass is 35.5. The smallest absolute Gasteiger partial charge is 0.244 e. The predicted octanol–water partition coefficient (Wildman–Crippen LogP) is 2.03. The van der Waals surface area contributed by atoms with Crippen molar-refractivity contribution in [2.45, 2.75) is 26.0 Å². The van der Waals surface area contributed by atoms with E-state index in [1.54, 1.807) is 0 Å². The molecular weight excluding hydrogens is 327 g/mol. The number of nitrogens with one attached hydrogen (secondary N) is 3. The summed E-state index contributed by atoms with van der Waals surface area (Å²) in [6.45, 7) is 5.15. The van der Waals surface area contributed by atoms with Crippen LogP contribution in [0.2, 0.25) is 0 Å². The van der Waals surface area contributed by atoms with Crippen molar-refractivity contribution in [3.63, 3.8) is 0 Å². The van der Waals surface area contributed by atoms with Crippen LogP contribution < -0.4 is 10.6 Å². The SMILES string of the molecule is Cc1nc2ccc(NC(=O)[C@H]3NCCO[C@@H]3C)cc2[nH]1.Cl.Cl. The minimum absolute atomic E-state index is 0. The van der Waals surface area contributed by atoms with Gasteiger partial charge in [0.1, 0.15) is 11.9 Å². The maximum atomic E-state index is 12.2. The molecule has 6 nitrogen and oxygen atoms in total. The van der Waals surface area contributed by atoms with Crippen molar-refractivity contribution in [1.29, 1.82) is 0 Å². The number of ether oxygens (including phenoxy) is 1. The number of nitrogens with zero attached hydrogens (tertiary/aromatic N) is 1. The van der Waals surface area contributed by atoms with Gasteiger partial charge in [0.25, 0.3) is 0 Å². The number of carbonyl (C=O) groups is 1. The van der Waals surface area contributed by atoms with Crippen LogP contribution in [0.5, 0.6) is 0 Å². The monoisotopic (exact) mass is 346 g/mol. The molecule has 0 aliphatic carbocycles. The quantitative estimate of drug-likeness (QED) is 0.777. The number of halogens is 2. The number of H-pyrrole nitrogens is 1. The van der Waals surface area contributed by atoms with E-state index in [4.69, 9.17) is 4.74 Å². The normalized spacial score (nSPS) is 20.8. The summed E-state index contributed by atoms with van der Waals surface area (Å²) in [6, 6.07) is 5.32. The molecule has 0 unspecified atom stereocenters. The van der Waals surface area contributed by atoms with Gasteiger partial charge >= 0.3 is 0 Å². The average Bonchev–Trinajstić information content (AvgIpc) is 2.78. The third kappa shape index (κ3) is 3.89. The second-order valence-electron chi connectivity index (χ2n) is 5.05. The Morgan fingerprint density at radius 2 is 2.18 bits per heavy atom. The van der Waals surface area contributed by atoms with Crippen molar-refractivity contribution >= 4 is 47.4 Å². The third-order valence-electron chi connectivity index (χ3n) is 3.47. The van der Waals surface area contributed by atoms with Gasteiger partial charge in [0.05, 0.1) is 23.7 Å². The summed E-state index contributed by atoms with van der Waals surface area (Å²) >= 11 is 0. The lowest BCUT2D eigenvalue weighted by Crippen LogP contribution is -2.53. The van der Waals surface area contributed by atoms with E-state index in [9.17, 15) is 4.79 Å². The van der Waals surface area contributed by atoms with Crippen molar-refractivity contribution in [1.82, 2.24) is 15.3 Å². The molecule has 2 atom stereocenters. The molecule has 122 valence electrons. The lowest BCUT2D eigenvalue weighted by atomic mass is 10.1. The number of rotatable bonds is 2. The maximum Gasteiger partial charge on any atom is 0.244 e. The fraction of sp³-hybridized carbons (Fsp3) is 0.429. The molecular formula is C14H20Cl2N4O2. The number of imidazole rings is 1. The summed E-state index contributed by atoms with van der Waals surface area (Å²) in [5.41, 5.74) is 2.57. The van der Waals surface area contributed by atoms with Crippen LogP contribution in [-0.2, 0) is 9.53 Å². The molecule has 3 rings (SSSR count). The van der Waals surface area contributed by atoms with E-state index in [0.717, 1.165) is 22.5 Å². The van der Waals surface area contributed by atoms with Gasteiger partial charge in [-0.15, -0.1) is 24.8 Å². The molecule has 3 N–H and O–H groups in total. The molecule has 2 heterocycles. The molecule has 1 amide bonds. The number of hydrogen-bond acceptors (Lipinski definition) is 4. The molecule has 22 heavy (non-hydrogen) atoms. The van der Waals surface area contributed by atoms with Crippen LogP contribution in [0.3, 0.4) is 0 Å². The molecule has 1 aliphatic heterocycles. The first kappa shape index (κ1) is 18.7. The van der Waals surface area contributed by atoms with Crippen molar-refractivity contribution in [3.05, 3.63) is 24.0 Å². The molecule has 1 aliphatic rings. The van der Waals surface area contributed by atoms with E-state index in [1.165, 1.54) is 0 Å². The molecule has 1 aromatic carbocycles. The summed E-state index contributed by atoms with van der Waals surface area (Å²) in [5.74, 6) is 0.784. The van der Waals surface area contributed by atoms with E-state index < -0.39 is 0 Å². The highest BCUT2D eigenvalue weighted by molar-refractivity contribution is 5.96. The van der Waals surface area contributed by atoms with Gasteiger partial charge in [0.2, 0.25) is 5.91 Å². The molecule has 1 saturated heterocycles. The molecule has 0 radical (unpaired) electrons.